The molecule has 6 nitrogen and oxygen atoms in total. The second kappa shape index (κ2) is 8.15. The van der Waals surface area contributed by atoms with E-state index in [0.29, 0.717) is 28.8 Å². The molecule has 3 aromatic rings. The summed E-state index contributed by atoms with van der Waals surface area (Å²) in [4.78, 5) is 12.5. The highest BCUT2D eigenvalue weighted by Gasteiger charge is 2.18. The van der Waals surface area contributed by atoms with E-state index in [2.05, 4.69) is 15.5 Å². The lowest BCUT2D eigenvalue weighted by molar-refractivity contribution is -0.119. The summed E-state index contributed by atoms with van der Waals surface area (Å²) < 4.78 is 3.54. The predicted molar refractivity (Wildman–Crippen MR) is 107 cm³/mol. The standard InChI is InChI=1S/C19H21Cl2N5O/c1-12(9-26-14(3)18(21)13(2)24-26)19(27)23-17-8-22-25(11-17)10-15-4-6-16(20)7-5-15/h4-8,11-12H,9-10H2,1-3H3,(H,23,27). The van der Waals surface area contributed by atoms with Gasteiger partial charge in [0.2, 0.25) is 5.91 Å². The highest BCUT2D eigenvalue weighted by atomic mass is 35.5. The van der Waals surface area contributed by atoms with Crippen LogP contribution in [0.1, 0.15) is 23.9 Å². The zero-order valence-electron chi connectivity index (χ0n) is 15.4. The van der Waals surface area contributed by atoms with Crippen LogP contribution in [-0.4, -0.2) is 25.5 Å². The van der Waals surface area contributed by atoms with Crippen molar-refractivity contribution >= 4 is 34.8 Å². The third kappa shape index (κ3) is 4.70. The first-order chi connectivity index (χ1) is 12.8. The topological polar surface area (TPSA) is 64.7 Å². The average Bonchev–Trinajstić information content (AvgIpc) is 3.17. The number of aryl methyl sites for hydroxylation is 1. The summed E-state index contributed by atoms with van der Waals surface area (Å²) in [5.41, 5.74) is 3.37. The van der Waals surface area contributed by atoms with Crippen LogP contribution in [-0.2, 0) is 17.9 Å². The largest absolute Gasteiger partial charge is 0.323 e. The minimum atomic E-state index is -0.265. The number of rotatable bonds is 6. The summed E-state index contributed by atoms with van der Waals surface area (Å²) in [5, 5.41) is 12.9. The van der Waals surface area contributed by atoms with Crippen LogP contribution in [0, 0.1) is 19.8 Å². The van der Waals surface area contributed by atoms with Crippen molar-refractivity contribution in [1.29, 1.82) is 0 Å². The first-order valence-corrected chi connectivity index (χ1v) is 9.36. The maximum Gasteiger partial charge on any atom is 0.229 e. The van der Waals surface area contributed by atoms with E-state index in [9.17, 15) is 4.79 Å². The van der Waals surface area contributed by atoms with Crippen molar-refractivity contribution in [3.63, 3.8) is 0 Å². The van der Waals surface area contributed by atoms with E-state index in [1.54, 1.807) is 21.8 Å². The molecule has 0 spiro atoms. The van der Waals surface area contributed by atoms with Gasteiger partial charge in [0.05, 0.1) is 47.3 Å². The fourth-order valence-corrected chi connectivity index (χ4v) is 3.01. The van der Waals surface area contributed by atoms with Crippen molar-refractivity contribution in [2.75, 3.05) is 5.32 Å². The van der Waals surface area contributed by atoms with Gasteiger partial charge in [0, 0.05) is 11.2 Å². The molecular weight excluding hydrogens is 385 g/mol. The number of benzene rings is 1. The second-order valence-corrected chi connectivity index (χ2v) is 7.42. The summed E-state index contributed by atoms with van der Waals surface area (Å²) in [6.45, 7) is 6.67. The molecule has 2 heterocycles. The van der Waals surface area contributed by atoms with E-state index >= 15 is 0 Å². The number of nitrogens with zero attached hydrogens (tertiary/aromatic N) is 4. The molecule has 0 saturated carbocycles. The number of nitrogens with one attached hydrogen (secondary N) is 1. The Morgan fingerprint density at radius 2 is 1.93 bits per heavy atom. The van der Waals surface area contributed by atoms with Gasteiger partial charge in [-0.25, -0.2) is 0 Å². The molecule has 0 aliphatic carbocycles. The van der Waals surface area contributed by atoms with Gasteiger partial charge in [0.15, 0.2) is 0 Å². The lowest BCUT2D eigenvalue weighted by atomic mass is 10.1. The van der Waals surface area contributed by atoms with Gasteiger partial charge in [0.25, 0.3) is 0 Å². The van der Waals surface area contributed by atoms with E-state index in [-0.39, 0.29) is 11.8 Å². The summed E-state index contributed by atoms with van der Waals surface area (Å²) >= 11 is 12.1. The first-order valence-electron chi connectivity index (χ1n) is 8.60. The highest BCUT2D eigenvalue weighted by molar-refractivity contribution is 6.31. The predicted octanol–water partition coefficient (Wildman–Crippen LogP) is 4.33. The Morgan fingerprint density at radius 1 is 1.22 bits per heavy atom. The Hall–Kier alpha value is -2.31. The molecule has 1 unspecified atom stereocenters. The summed E-state index contributed by atoms with van der Waals surface area (Å²) in [6.07, 6.45) is 3.44. The van der Waals surface area contributed by atoms with E-state index in [1.165, 1.54) is 0 Å². The van der Waals surface area contributed by atoms with Crippen LogP contribution in [0.25, 0.3) is 0 Å². The Kier molecular flexibility index (Phi) is 5.87. The lowest BCUT2D eigenvalue weighted by Gasteiger charge is -2.12. The first kappa shape index (κ1) is 19.5. The van der Waals surface area contributed by atoms with Crippen molar-refractivity contribution in [3.05, 3.63) is 63.7 Å². The molecule has 0 radical (unpaired) electrons. The maximum absolute atomic E-state index is 12.5. The number of halogens is 2. The molecule has 1 aromatic carbocycles. The minimum Gasteiger partial charge on any atom is -0.323 e. The van der Waals surface area contributed by atoms with E-state index in [4.69, 9.17) is 23.2 Å². The number of carbonyl (C=O) groups excluding carboxylic acids is 1. The molecular formula is C19H21Cl2N5O. The molecule has 0 saturated heterocycles. The number of anilines is 1. The van der Waals surface area contributed by atoms with Crippen LogP contribution in [0.3, 0.4) is 0 Å². The van der Waals surface area contributed by atoms with Crippen LogP contribution in [0.15, 0.2) is 36.7 Å². The molecule has 27 heavy (non-hydrogen) atoms. The average molecular weight is 406 g/mol. The minimum absolute atomic E-state index is 0.0929. The van der Waals surface area contributed by atoms with Gasteiger partial charge in [0.1, 0.15) is 0 Å². The molecule has 0 aliphatic heterocycles. The summed E-state index contributed by atoms with van der Waals surface area (Å²) in [5.74, 6) is -0.358. The van der Waals surface area contributed by atoms with Crippen molar-refractivity contribution in [1.82, 2.24) is 19.6 Å². The zero-order valence-corrected chi connectivity index (χ0v) is 16.9. The van der Waals surface area contributed by atoms with Crippen molar-refractivity contribution in [2.45, 2.75) is 33.9 Å². The number of hydrogen-bond acceptors (Lipinski definition) is 3. The quantitative estimate of drug-likeness (QED) is 0.663. The Bertz CT molecular complexity index is 946. The third-order valence-corrected chi connectivity index (χ3v) is 5.15. The van der Waals surface area contributed by atoms with E-state index in [0.717, 1.165) is 17.0 Å². The van der Waals surface area contributed by atoms with Crippen LogP contribution in [0.4, 0.5) is 5.69 Å². The Morgan fingerprint density at radius 3 is 2.56 bits per heavy atom. The molecule has 1 atom stereocenters. The second-order valence-electron chi connectivity index (χ2n) is 6.61. The number of amides is 1. The van der Waals surface area contributed by atoms with Gasteiger partial charge in [-0.2, -0.15) is 10.2 Å². The van der Waals surface area contributed by atoms with Crippen molar-refractivity contribution in [3.8, 4) is 0 Å². The van der Waals surface area contributed by atoms with Crippen molar-refractivity contribution in [2.24, 2.45) is 5.92 Å². The molecule has 0 fully saturated rings. The molecule has 2 aromatic heterocycles. The maximum atomic E-state index is 12.5. The van der Waals surface area contributed by atoms with Crippen molar-refractivity contribution < 1.29 is 4.79 Å². The van der Waals surface area contributed by atoms with Gasteiger partial charge < -0.3 is 5.32 Å². The fourth-order valence-electron chi connectivity index (χ4n) is 2.75. The van der Waals surface area contributed by atoms with Gasteiger partial charge in [-0.05, 0) is 31.5 Å². The lowest BCUT2D eigenvalue weighted by Crippen LogP contribution is -2.25. The summed E-state index contributed by atoms with van der Waals surface area (Å²) in [7, 11) is 0. The number of carbonyl (C=O) groups is 1. The molecule has 0 bridgehead atoms. The van der Waals surface area contributed by atoms with E-state index in [1.807, 2.05) is 45.0 Å². The van der Waals surface area contributed by atoms with Gasteiger partial charge >= 0.3 is 0 Å². The SMILES string of the molecule is Cc1nn(CC(C)C(=O)Nc2cnn(Cc3ccc(Cl)cc3)c2)c(C)c1Cl. The molecule has 142 valence electrons. The normalized spacial score (nSPS) is 12.2. The van der Waals surface area contributed by atoms with Gasteiger partial charge in [-0.1, -0.05) is 42.3 Å². The number of aromatic nitrogens is 4. The Balaban J connectivity index is 1.59. The molecule has 0 aliphatic rings. The summed E-state index contributed by atoms with van der Waals surface area (Å²) in [6, 6.07) is 7.58. The number of hydrogen-bond donors (Lipinski definition) is 1. The molecule has 1 amide bonds. The van der Waals surface area contributed by atoms with Crippen LogP contribution >= 0.6 is 23.2 Å². The molecule has 8 heteroatoms. The fraction of sp³-hybridized carbons (Fsp3) is 0.316. The van der Waals surface area contributed by atoms with Gasteiger partial charge in [-0.15, -0.1) is 0 Å². The Labute approximate surface area is 168 Å². The highest BCUT2D eigenvalue weighted by Crippen LogP contribution is 2.20. The smallest absolute Gasteiger partial charge is 0.229 e. The molecule has 1 N–H and O–H groups in total. The molecule has 3 rings (SSSR count). The van der Waals surface area contributed by atoms with Crippen LogP contribution < -0.4 is 5.32 Å². The zero-order chi connectivity index (χ0) is 19.6. The van der Waals surface area contributed by atoms with Crippen LogP contribution in [0.5, 0.6) is 0 Å². The van der Waals surface area contributed by atoms with Crippen LogP contribution in [0.2, 0.25) is 10.0 Å². The third-order valence-electron chi connectivity index (χ3n) is 4.35. The monoisotopic (exact) mass is 405 g/mol. The van der Waals surface area contributed by atoms with E-state index < -0.39 is 0 Å². The van der Waals surface area contributed by atoms with Gasteiger partial charge in [-0.3, -0.25) is 14.2 Å².